The lowest BCUT2D eigenvalue weighted by atomic mass is 10.0. The van der Waals surface area contributed by atoms with Crippen molar-refractivity contribution < 1.29 is 4.79 Å². The standard InChI is InChI=1S/C25H23NOS/c1-16-8-11-19(12-9-16)15-21-20-6-4-5-7-23(20)28-24(21)25(27)26-22-13-10-17(2)14-18(22)3/h4-14H,15H2,1-3H3,(H,26,27). The molecule has 0 spiro atoms. The first-order valence-corrected chi connectivity index (χ1v) is 10.3. The van der Waals surface area contributed by atoms with Crippen molar-refractivity contribution in [2.45, 2.75) is 27.2 Å². The van der Waals surface area contributed by atoms with Crippen LogP contribution in [0.2, 0.25) is 0 Å². The summed E-state index contributed by atoms with van der Waals surface area (Å²) in [4.78, 5) is 14.0. The molecule has 0 radical (unpaired) electrons. The van der Waals surface area contributed by atoms with Gasteiger partial charge < -0.3 is 5.32 Å². The zero-order valence-electron chi connectivity index (χ0n) is 16.4. The summed E-state index contributed by atoms with van der Waals surface area (Å²) in [6, 6.07) is 22.9. The third-order valence-electron chi connectivity index (χ3n) is 5.04. The smallest absolute Gasteiger partial charge is 0.266 e. The molecular formula is C25H23NOS. The first-order chi connectivity index (χ1) is 13.5. The molecule has 1 aromatic heterocycles. The van der Waals surface area contributed by atoms with Crippen molar-refractivity contribution in [2.24, 2.45) is 0 Å². The molecule has 28 heavy (non-hydrogen) atoms. The molecule has 0 atom stereocenters. The van der Waals surface area contributed by atoms with Gasteiger partial charge in [0.25, 0.3) is 5.91 Å². The minimum absolute atomic E-state index is 0.0322. The largest absolute Gasteiger partial charge is 0.321 e. The Kier molecular flexibility index (Phi) is 5.01. The monoisotopic (exact) mass is 385 g/mol. The van der Waals surface area contributed by atoms with Gasteiger partial charge >= 0.3 is 0 Å². The van der Waals surface area contributed by atoms with E-state index in [-0.39, 0.29) is 5.91 Å². The van der Waals surface area contributed by atoms with Crippen molar-refractivity contribution in [1.82, 2.24) is 0 Å². The SMILES string of the molecule is Cc1ccc(Cc2c(C(=O)Nc3ccc(C)cc3C)sc3ccccc23)cc1. The summed E-state index contributed by atoms with van der Waals surface area (Å²) >= 11 is 1.57. The number of rotatable bonds is 4. The zero-order valence-corrected chi connectivity index (χ0v) is 17.2. The lowest BCUT2D eigenvalue weighted by Crippen LogP contribution is -2.13. The summed E-state index contributed by atoms with van der Waals surface area (Å²) in [6.07, 6.45) is 0.750. The normalized spacial score (nSPS) is 11.0. The third kappa shape index (κ3) is 3.71. The van der Waals surface area contributed by atoms with E-state index in [2.05, 4.69) is 61.6 Å². The van der Waals surface area contributed by atoms with Crippen LogP contribution < -0.4 is 5.32 Å². The van der Waals surface area contributed by atoms with Gasteiger partial charge in [0.15, 0.2) is 0 Å². The highest BCUT2D eigenvalue weighted by atomic mass is 32.1. The maximum absolute atomic E-state index is 13.2. The second-order valence-corrected chi connectivity index (χ2v) is 8.39. The average Bonchev–Trinajstić information content (AvgIpc) is 3.04. The Labute approximate surface area is 169 Å². The highest BCUT2D eigenvalue weighted by Crippen LogP contribution is 2.34. The number of carbonyl (C=O) groups excluding carboxylic acids is 1. The fourth-order valence-electron chi connectivity index (χ4n) is 3.50. The number of carbonyl (C=O) groups is 1. The van der Waals surface area contributed by atoms with Gasteiger partial charge in [-0.25, -0.2) is 0 Å². The Bertz CT molecular complexity index is 1160. The average molecular weight is 386 g/mol. The maximum atomic E-state index is 13.2. The third-order valence-corrected chi connectivity index (χ3v) is 6.25. The molecule has 0 aliphatic rings. The molecule has 2 nitrogen and oxygen atoms in total. The van der Waals surface area contributed by atoms with Crippen LogP contribution in [0.1, 0.15) is 37.5 Å². The van der Waals surface area contributed by atoms with Crippen molar-refractivity contribution in [3.8, 4) is 0 Å². The van der Waals surface area contributed by atoms with Crippen molar-refractivity contribution in [3.05, 3.63) is 99.4 Å². The lowest BCUT2D eigenvalue weighted by Gasteiger charge is -2.10. The lowest BCUT2D eigenvalue weighted by molar-refractivity contribution is 0.103. The van der Waals surface area contributed by atoms with Gasteiger partial charge in [0.2, 0.25) is 0 Å². The number of nitrogens with one attached hydrogen (secondary N) is 1. The molecule has 0 bridgehead atoms. The summed E-state index contributed by atoms with van der Waals surface area (Å²) in [7, 11) is 0. The van der Waals surface area contributed by atoms with Crippen LogP contribution in [-0.4, -0.2) is 5.91 Å². The zero-order chi connectivity index (χ0) is 19.7. The van der Waals surface area contributed by atoms with E-state index in [1.807, 2.05) is 31.2 Å². The van der Waals surface area contributed by atoms with Crippen molar-refractivity contribution in [2.75, 3.05) is 5.32 Å². The quantitative estimate of drug-likeness (QED) is 0.417. The molecule has 1 amide bonds. The van der Waals surface area contributed by atoms with Crippen LogP contribution >= 0.6 is 11.3 Å². The summed E-state index contributed by atoms with van der Waals surface area (Å²) in [5.74, 6) is -0.0322. The van der Waals surface area contributed by atoms with Crippen LogP contribution in [0, 0.1) is 20.8 Å². The first kappa shape index (κ1) is 18.5. The van der Waals surface area contributed by atoms with E-state index in [1.54, 1.807) is 11.3 Å². The highest BCUT2D eigenvalue weighted by Gasteiger charge is 2.19. The highest BCUT2D eigenvalue weighted by molar-refractivity contribution is 7.21. The van der Waals surface area contributed by atoms with E-state index in [0.717, 1.165) is 32.8 Å². The molecule has 1 N–H and O–H groups in total. The van der Waals surface area contributed by atoms with E-state index < -0.39 is 0 Å². The van der Waals surface area contributed by atoms with Gasteiger partial charge in [0.1, 0.15) is 0 Å². The van der Waals surface area contributed by atoms with Crippen LogP contribution in [0.5, 0.6) is 0 Å². The molecule has 3 heteroatoms. The number of aryl methyl sites for hydroxylation is 3. The van der Waals surface area contributed by atoms with Crippen LogP contribution in [0.4, 0.5) is 5.69 Å². The van der Waals surface area contributed by atoms with Gasteiger partial charge in [0.05, 0.1) is 4.88 Å². The number of thiophene rings is 1. The number of hydrogen-bond donors (Lipinski definition) is 1. The van der Waals surface area contributed by atoms with Crippen molar-refractivity contribution >= 4 is 33.0 Å². The fraction of sp³-hybridized carbons (Fsp3) is 0.160. The predicted molar refractivity (Wildman–Crippen MR) is 120 cm³/mol. The van der Waals surface area contributed by atoms with Crippen molar-refractivity contribution in [3.63, 3.8) is 0 Å². The van der Waals surface area contributed by atoms with E-state index >= 15 is 0 Å². The van der Waals surface area contributed by atoms with Gasteiger partial charge in [-0.3, -0.25) is 4.79 Å². The Hall–Kier alpha value is -2.91. The predicted octanol–water partition coefficient (Wildman–Crippen LogP) is 6.67. The number of benzene rings is 3. The van der Waals surface area contributed by atoms with E-state index in [4.69, 9.17) is 0 Å². The molecule has 4 aromatic rings. The van der Waals surface area contributed by atoms with E-state index in [0.29, 0.717) is 0 Å². The van der Waals surface area contributed by atoms with Gasteiger partial charge in [-0.05, 0) is 61.4 Å². The summed E-state index contributed by atoms with van der Waals surface area (Å²) < 4.78 is 1.15. The van der Waals surface area contributed by atoms with Crippen molar-refractivity contribution in [1.29, 1.82) is 0 Å². The van der Waals surface area contributed by atoms with Gasteiger partial charge in [0, 0.05) is 10.4 Å². The molecule has 1 heterocycles. The van der Waals surface area contributed by atoms with Gasteiger partial charge in [-0.2, -0.15) is 0 Å². The number of amides is 1. The number of fused-ring (bicyclic) bond motifs is 1. The number of hydrogen-bond acceptors (Lipinski definition) is 2. The van der Waals surface area contributed by atoms with E-state index in [9.17, 15) is 4.79 Å². The Balaban J connectivity index is 1.73. The molecule has 4 rings (SSSR count). The minimum Gasteiger partial charge on any atom is -0.321 e. The molecule has 0 aliphatic heterocycles. The van der Waals surface area contributed by atoms with Gasteiger partial charge in [-0.15, -0.1) is 11.3 Å². The van der Waals surface area contributed by atoms with Crippen LogP contribution in [-0.2, 0) is 6.42 Å². The van der Waals surface area contributed by atoms with Crippen LogP contribution in [0.3, 0.4) is 0 Å². The second-order valence-electron chi connectivity index (χ2n) is 7.34. The summed E-state index contributed by atoms with van der Waals surface area (Å²) in [6.45, 7) is 6.18. The summed E-state index contributed by atoms with van der Waals surface area (Å²) in [5.41, 5.74) is 6.70. The molecular weight excluding hydrogens is 362 g/mol. The molecule has 0 fully saturated rings. The molecule has 0 unspecified atom stereocenters. The van der Waals surface area contributed by atoms with E-state index in [1.165, 1.54) is 22.1 Å². The Morgan fingerprint density at radius 1 is 0.893 bits per heavy atom. The minimum atomic E-state index is -0.0322. The first-order valence-electron chi connectivity index (χ1n) is 9.46. The molecule has 140 valence electrons. The van der Waals surface area contributed by atoms with Gasteiger partial charge in [-0.1, -0.05) is 65.7 Å². The Morgan fingerprint density at radius 3 is 2.36 bits per heavy atom. The van der Waals surface area contributed by atoms with Crippen LogP contribution in [0.15, 0.2) is 66.7 Å². The second kappa shape index (κ2) is 7.61. The maximum Gasteiger partial charge on any atom is 0.266 e. The molecule has 0 saturated carbocycles. The summed E-state index contributed by atoms with van der Waals surface area (Å²) in [5, 5.41) is 4.29. The molecule has 3 aromatic carbocycles. The molecule has 0 aliphatic carbocycles. The topological polar surface area (TPSA) is 29.1 Å². The fourth-order valence-corrected chi connectivity index (χ4v) is 4.62. The molecule has 0 saturated heterocycles. The number of anilines is 1. The van der Waals surface area contributed by atoms with Crippen LogP contribution in [0.25, 0.3) is 10.1 Å². The Morgan fingerprint density at radius 2 is 1.61 bits per heavy atom.